The van der Waals surface area contributed by atoms with Crippen molar-refractivity contribution in [3.63, 3.8) is 0 Å². The number of nitrogens with two attached hydrogens (primary N) is 1. The van der Waals surface area contributed by atoms with Crippen LogP contribution in [0.5, 0.6) is 0 Å². The van der Waals surface area contributed by atoms with E-state index in [2.05, 4.69) is 30.7 Å². The second-order valence-corrected chi connectivity index (χ2v) is 6.24. The molecule has 1 aromatic rings. The van der Waals surface area contributed by atoms with Crippen molar-refractivity contribution in [1.29, 1.82) is 0 Å². The Kier molecular flexibility index (Phi) is 3.70. The Labute approximate surface area is 107 Å². The van der Waals surface area contributed by atoms with E-state index in [0.717, 1.165) is 31.7 Å². The Morgan fingerprint density at radius 2 is 2.41 bits per heavy atom. The maximum absolute atomic E-state index is 5.88. The van der Waals surface area contributed by atoms with E-state index in [9.17, 15) is 0 Å². The molecule has 1 fully saturated rings. The van der Waals surface area contributed by atoms with E-state index in [1.165, 1.54) is 11.3 Å². The first-order chi connectivity index (χ1) is 7.94. The second-order valence-electron chi connectivity index (χ2n) is 5.35. The van der Waals surface area contributed by atoms with Crippen LogP contribution in [-0.4, -0.2) is 41.2 Å². The summed E-state index contributed by atoms with van der Waals surface area (Å²) in [5, 5.41) is 2.71. The molecule has 1 saturated heterocycles. The van der Waals surface area contributed by atoms with E-state index in [1.807, 2.05) is 5.38 Å². The monoisotopic (exact) mass is 255 g/mol. The van der Waals surface area contributed by atoms with E-state index in [0.29, 0.717) is 11.2 Å². The predicted molar refractivity (Wildman–Crippen MR) is 71.3 cm³/mol. The summed E-state index contributed by atoms with van der Waals surface area (Å²) in [4.78, 5) is 6.74. The number of hydrogen-bond donors (Lipinski definition) is 1. The van der Waals surface area contributed by atoms with Gasteiger partial charge in [-0.25, -0.2) is 4.98 Å². The minimum atomic E-state index is -0.0429. The lowest BCUT2D eigenvalue weighted by Crippen LogP contribution is -2.52. The van der Waals surface area contributed by atoms with Crippen LogP contribution < -0.4 is 5.73 Å². The highest BCUT2D eigenvalue weighted by Gasteiger charge is 2.30. The number of morpholine rings is 1. The summed E-state index contributed by atoms with van der Waals surface area (Å²) < 4.78 is 5.88. The third kappa shape index (κ3) is 3.66. The van der Waals surface area contributed by atoms with Gasteiger partial charge in [-0.2, -0.15) is 0 Å². The quantitative estimate of drug-likeness (QED) is 0.894. The number of aromatic nitrogens is 1. The normalized spacial score (nSPS) is 25.0. The number of hydrogen-bond acceptors (Lipinski definition) is 5. The zero-order chi connectivity index (χ0) is 12.5. The molecule has 2 N–H and O–H groups in total. The molecule has 1 aliphatic heterocycles. The van der Waals surface area contributed by atoms with Crippen LogP contribution in [0.1, 0.15) is 26.5 Å². The van der Waals surface area contributed by atoms with Gasteiger partial charge in [-0.05, 0) is 20.8 Å². The van der Waals surface area contributed by atoms with Crippen molar-refractivity contribution < 1.29 is 4.74 Å². The summed E-state index contributed by atoms with van der Waals surface area (Å²) in [5.74, 6) is 0. The topological polar surface area (TPSA) is 51.4 Å². The standard InChI is InChI=1S/C12H21N3OS/c1-9-6-15(8-12(2,3)16-9)5-4-10-7-17-11(13)14-10/h7,9H,4-6,8H2,1-3H3,(H2,13,14). The first-order valence-electron chi connectivity index (χ1n) is 6.05. The average Bonchev–Trinajstić information content (AvgIpc) is 2.58. The fraction of sp³-hybridized carbons (Fsp3) is 0.750. The van der Waals surface area contributed by atoms with Crippen molar-refractivity contribution in [2.75, 3.05) is 25.4 Å². The molecule has 0 aliphatic carbocycles. The maximum Gasteiger partial charge on any atom is 0.180 e. The molecule has 4 nitrogen and oxygen atoms in total. The van der Waals surface area contributed by atoms with Gasteiger partial charge in [0, 0.05) is 31.4 Å². The van der Waals surface area contributed by atoms with Crippen molar-refractivity contribution >= 4 is 16.5 Å². The summed E-state index contributed by atoms with van der Waals surface area (Å²) in [6.45, 7) is 9.45. The molecule has 0 spiro atoms. The van der Waals surface area contributed by atoms with Crippen molar-refractivity contribution in [3.05, 3.63) is 11.1 Å². The molecule has 1 aromatic heterocycles. The van der Waals surface area contributed by atoms with E-state index in [4.69, 9.17) is 10.5 Å². The summed E-state index contributed by atoms with van der Waals surface area (Å²) in [6, 6.07) is 0. The van der Waals surface area contributed by atoms with Gasteiger partial charge in [0.1, 0.15) is 0 Å². The highest BCUT2D eigenvalue weighted by Crippen LogP contribution is 2.21. The largest absolute Gasteiger partial charge is 0.375 e. The number of rotatable bonds is 3. The molecule has 17 heavy (non-hydrogen) atoms. The number of anilines is 1. The minimum Gasteiger partial charge on any atom is -0.375 e. The van der Waals surface area contributed by atoms with Crippen LogP contribution in [0, 0.1) is 0 Å². The first kappa shape index (κ1) is 12.8. The second kappa shape index (κ2) is 4.92. The Bertz CT molecular complexity index is 378. The molecule has 0 saturated carbocycles. The molecule has 1 aliphatic rings. The fourth-order valence-electron chi connectivity index (χ4n) is 2.47. The lowest BCUT2D eigenvalue weighted by Gasteiger charge is -2.41. The average molecular weight is 255 g/mol. The number of ether oxygens (including phenoxy) is 1. The molecule has 1 atom stereocenters. The van der Waals surface area contributed by atoms with Crippen LogP contribution >= 0.6 is 11.3 Å². The van der Waals surface area contributed by atoms with Crippen LogP contribution in [0.4, 0.5) is 5.13 Å². The van der Waals surface area contributed by atoms with Crippen LogP contribution in [0.2, 0.25) is 0 Å². The van der Waals surface area contributed by atoms with Gasteiger partial charge in [0.2, 0.25) is 0 Å². The van der Waals surface area contributed by atoms with E-state index < -0.39 is 0 Å². The Morgan fingerprint density at radius 1 is 1.65 bits per heavy atom. The van der Waals surface area contributed by atoms with E-state index in [1.54, 1.807) is 0 Å². The van der Waals surface area contributed by atoms with Gasteiger partial charge in [0.15, 0.2) is 5.13 Å². The van der Waals surface area contributed by atoms with Crippen molar-refractivity contribution in [1.82, 2.24) is 9.88 Å². The van der Waals surface area contributed by atoms with Crippen molar-refractivity contribution in [3.8, 4) is 0 Å². The first-order valence-corrected chi connectivity index (χ1v) is 6.93. The van der Waals surface area contributed by atoms with Crippen molar-refractivity contribution in [2.45, 2.75) is 38.9 Å². The predicted octanol–water partition coefficient (Wildman–Crippen LogP) is 1.77. The highest BCUT2D eigenvalue weighted by atomic mass is 32.1. The SMILES string of the molecule is CC1CN(CCc2csc(N)n2)CC(C)(C)O1. The third-order valence-corrected chi connectivity index (χ3v) is 3.62. The molecular weight excluding hydrogens is 234 g/mol. The maximum atomic E-state index is 5.88. The summed E-state index contributed by atoms with van der Waals surface area (Å²) in [7, 11) is 0. The Hall–Kier alpha value is -0.650. The van der Waals surface area contributed by atoms with Gasteiger partial charge in [0.25, 0.3) is 0 Å². The lowest BCUT2D eigenvalue weighted by molar-refractivity contribution is -0.128. The molecule has 2 rings (SSSR count). The van der Waals surface area contributed by atoms with Gasteiger partial charge in [-0.3, -0.25) is 4.90 Å². The van der Waals surface area contributed by atoms with Gasteiger partial charge >= 0.3 is 0 Å². The minimum absolute atomic E-state index is 0.0429. The lowest BCUT2D eigenvalue weighted by atomic mass is 10.1. The molecular formula is C12H21N3OS. The van der Waals surface area contributed by atoms with E-state index in [-0.39, 0.29) is 5.60 Å². The molecule has 0 radical (unpaired) electrons. The zero-order valence-electron chi connectivity index (χ0n) is 10.8. The van der Waals surface area contributed by atoms with Gasteiger partial charge < -0.3 is 10.5 Å². The van der Waals surface area contributed by atoms with Crippen molar-refractivity contribution in [2.24, 2.45) is 0 Å². The highest BCUT2D eigenvalue weighted by molar-refractivity contribution is 7.13. The number of thiazole rings is 1. The number of nitrogens with zero attached hydrogens (tertiary/aromatic N) is 2. The molecule has 0 amide bonds. The molecule has 0 bridgehead atoms. The summed E-state index contributed by atoms with van der Waals surface area (Å²) >= 11 is 1.51. The molecule has 5 heteroatoms. The van der Waals surface area contributed by atoms with Crippen LogP contribution in [0.25, 0.3) is 0 Å². The zero-order valence-corrected chi connectivity index (χ0v) is 11.6. The molecule has 2 heterocycles. The van der Waals surface area contributed by atoms with E-state index >= 15 is 0 Å². The van der Waals surface area contributed by atoms with Gasteiger partial charge in [0.05, 0.1) is 17.4 Å². The van der Waals surface area contributed by atoms with Crippen LogP contribution in [-0.2, 0) is 11.2 Å². The Balaban J connectivity index is 1.86. The summed E-state index contributed by atoms with van der Waals surface area (Å²) in [5.41, 5.74) is 6.68. The smallest absolute Gasteiger partial charge is 0.180 e. The third-order valence-electron chi connectivity index (χ3n) is 2.89. The van der Waals surface area contributed by atoms with Crippen LogP contribution in [0.15, 0.2) is 5.38 Å². The molecule has 0 aromatic carbocycles. The van der Waals surface area contributed by atoms with Crippen LogP contribution in [0.3, 0.4) is 0 Å². The molecule has 96 valence electrons. The molecule has 1 unspecified atom stereocenters. The van der Waals surface area contributed by atoms with Gasteiger partial charge in [-0.15, -0.1) is 11.3 Å². The summed E-state index contributed by atoms with van der Waals surface area (Å²) in [6.07, 6.45) is 1.27. The fourth-order valence-corrected chi connectivity index (χ4v) is 3.06. The van der Waals surface area contributed by atoms with Gasteiger partial charge in [-0.1, -0.05) is 0 Å². The Morgan fingerprint density at radius 3 is 3.00 bits per heavy atom. The number of nitrogen functional groups attached to an aromatic ring is 1.